The molecule has 1 saturated heterocycles. The lowest BCUT2D eigenvalue weighted by Crippen LogP contribution is -2.24. The summed E-state index contributed by atoms with van der Waals surface area (Å²) < 4.78 is 7.27. The van der Waals surface area contributed by atoms with Crippen LogP contribution in [-0.4, -0.2) is 60.4 Å². The van der Waals surface area contributed by atoms with Gasteiger partial charge in [-0.25, -0.2) is 4.98 Å². The predicted octanol–water partition coefficient (Wildman–Crippen LogP) is 0.656. The van der Waals surface area contributed by atoms with Gasteiger partial charge in [0.25, 0.3) is 0 Å². The van der Waals surface area contributed by atoms with E-state index in [9.17, 15) is 19.8 Å². The largest absolute Gasteiger partial charge is 0.394 e. The van der Waals surface area contributed by atoms with Crippen LogP contribution in [0.5, 0.6) is 0 Å². The fraction of sp³-hybridized carbons (Fsp3) is 0.611. The first-order valence-corrected chi connectivity index (χ1v) is 9.52. The number of hydrogen-bond donors (Lipinski definition) is 4. The lowest BCUT2D eigenvalue weighted by atomic mass is 10.2. The van der Waals surface area contributed by atoms with Gasteiger partial charge in [-0.1, -0.05) is 27.7 Å². The molecule has 1 aliphatic heterocycles. The number of hydrogen-bond acceptors (Lipinski definition) is 8. The number of amides is 2. The fourth-order valence-corrected chi connectivity index (χ4v) is 2.84. The molecule has 11 nitrogen and oxygen atoms in total. The van der Waals surface area contributed by atoms with Gasteiger partial charge in [-0.05, 0) is 0 Å². The second kappa shape index (κ2) is 8.39. The van der Waals surface area contributed by atoms with E-state index in [2.05, 4.69) is 25.6 Å². The van der Waals surface area contributed by atoms with Crippen molar-refractivity contribution in [1.82, 2.24) is 19.5 Å². The molecule has 0 aromatic carbocycles. The van der Waals surface area contributed by atoms with Crippen molar-refractivity contribution in [3.05, 3.63) is 6.33 Å². The average molecular weight is 406 g/mol. The highest BCUT2D eigenvalue weighted by molar-refractivity contribution is 5.99. The van der Waals surface area contributed by atoms with Crippen molar-refractivity contribution in [3.8, 4) is 0 Å². The Bertz CT molecular complexity index is 912. The summed E-state index contributed by atoms with van der Waals surface area (Å²) in [5, 5.41) is 24.7. The van der Waals surface area contributed by atoms with E-state index in [0.717, 1.165) is 0 Å². The number of carbonyl (C=O) groups excluding carboxylic acids is 2. The van der Waals surface area contributed by atoms with Crippen LogP contribution in [0.1, 0.15) is 40.3 Å². The zero-order valence-electron chi connectivity index (χ0n) is 16.8. The third-order valence-corrected chi connectivity index (χ3v) is 4.64. The minimum atomic E-state index is -0.829. The van der Waals surface area contributed by atoms with Crippen LogP contribution in [0, 0.1) is 11.8 Å². The van der Waals surface area contributed by atoms with Crippen LogP contribution in [0.15, 0.2) is 6.33 Å². The van der Waals surface area contributed by atoms with Crippen LogP contribution >= 0.6 is 0 Å². The van der Waals surface area contributed by atoms with E-state index in [0.29, 0.717) is 11.2 Å². The summed E-state index contributed by atoms with van der Waals surface area (Å²) >= 11 is 0. The van der Waals surface area contributed by atoms with E-state index in [1.165, 1.54) is 6.33 Å². The minimum Gasteiger partial charge on any atom is -0.394 e. The van der Waals surface area contributed by atoms with Crippen molar-refractivity contribution >= 4 is 34.7 Å². The first kappa shape index (κ1) is 21.1. The maximum atomic E-state index is 12.2. The highest BCUT2D eigenvalue weighted by Gasteiger charge is 2.35. The van der Waals surface area contributed by atoms with Crippen LogP contribution in [0.4, 0.5) is 11.8 Å². The Kier molecular flexibility index (Phi) is 6.10. The highest BCUT2D eigenvalue weighted by Crippen LogP contribution is 2.32. The van der Waals surface area contributed by atoms with E-state index in [1.54, 1.807) is 32.3 Å². The van der Waals surface area contributed by atoms with Gasteiger partial charge in [0.1, 0.15) is 12.3 Å². The molecule has 2 aromatic heterocycles. The van der Waals surface area contributed by atoms with Gasteiger partial charge in [0.05, 0.1) is 19.0 Å². The Labute approximate surface area is 167 Å². The van der Waals surface area contributed by atoms with Crippen LogP contribution in [0.3, 0.4) is 0 Å². The molecule has 3 heterocycles. The second-order valence-corrected chi connectivity index (χ2v) is 7.62. The van der Waals surface area contributed by atoms with Gasteiger partial charge in [-0.3, -0.25) is 19.5 Å². The molecule has 0 spiro atoms. The molecule has 29 heavy (non-hydrogen) atoms. The first-order chi connectivity index (χ1) is 13.7. The van der Waals surface area contributed by atoms with Crippen molar-refractivity contribution in [2.24, 2.45) is 11.8 Å². The standard InChI is InChI=1S/C18H26N6O5/c1-8(2)16(27)20-14-13-15(22-18(21-14)23-17(28)9(3)4)24(7-19-13)12-5-10(26)11(6-25)29-12/h7-12,25-26H,5-6H2,1-4H3,(H2,20,21,22,23,27,28)/t10?,11-,12-/m1/s1. The summed E-state index contributed by atoms with van der Waals surface area (Å²) in [7, 11) is 0. The number of carbonyl (C=O) groups is 2. The molecule has 0 bridgehead atoms. The molecule has 11 heteroatoms. The molecule has 158 valence electrons. The monoisotopic (exact) mass is 406 g/mol. The van der Waals surface area contributed by atoms with E-state index >= 15 is 0 Å². The highest BCUT2D eigenvalue weighted by atomic mass is 16.5. The van der Waals surface area contributed by atoms with E-state index in [4.69, 9.17) is 4.74 Å². The van der Waals surface area contributed by atoms with Gasteiger partial charge in [0, 0.05) is 18.3 Å². The summed E-state index contributed by atoms with van der Waals surface area (Å²) in [5.41, 5.74) is 0.654. The number of nitrogens with zero attached hydrogens (tertiary/aromatic N) is 4. The average Bonchev–Trinajstić information content (AvgIpc) is 3.24. The van der Waals surface area contributed by atoms with Gasteiger partial charge in [0.2, 0.25) is 17.8 Å². The summed E-state index contributed by atoms with van der Waals surface area (Å²) in [5.74, 6) is -0.906. The lowest BCUT2D eigenvalue weighted by Gasteiger charge is -2.15. The zero-order chi connectivity index (χ0) is 21.3. The van der Waals surface area contributed by atoms with Crippen molar-refractivity contribution in [2.45, 2.75) is 52.6 Å². The molecular formula is C18H26N6O5. The van der Waals surface area contributed by atoms with Crippen molar-refractivity contribution in [3.63, 3.8) is 0 Å². The quantitative estimate of drug-likeness (QED) is 0.546. The van der Waals surface area contributed by atoms with E-state index < -0.39 is 18.4 Å². The summed E-state index contributed by atoms with van der Waals surface area (Å²) in [6.07, 6.45) is -0.439. The number of aromatic nitrogens is 4. The molecular weight excluding hydrogens is 380 g/mol. The normalized spacial score (nSPS) is 21.9. The third kappa shape index (κ3) is 4.36. The Morgan fingerprint density at radius 3 is 2.45 bits per heavy atom. The number of aliphatic hydroxyl groups is 2. The number of rotatable bonds is 6. The predicted molar refractivity (Wildman–Crippen MR) is 104 cm³/mol. The smallest absolute Gasteiger partial charge is 0.233 e. The van der Waals surface area contributed by atoms with Crippen LogP contribution in [0.2, 0.25) is 0 Å². The third-order valence-electron chi connectivity index (χ3n) is 4.64. The molecule has 3 atom stereocenters. The van der Waals surface area contributed by atoms with E-state index in [-0.39, 0.29) is 48.4 Å². The molecule has 1 aliphatic rings. The first-order valence-electron chi connectivity index (χ1n) is 9.52. The summed E-state index contributed by atoms with van der Waals surface area (Å²) in [4.78, 5) is 37.2. The van der Waals surface area contributed by atoms with Crippen molar-refractivity contribution in [1.29, 1.82) is 0 Å². The molecule has 4 N–H and O–H groups in total. The van der Waals surface area contributed by atoms with Crippen LogP contribution < -0.4 is 10.6 Å². The fourth-order valence-electron chi connectivity index (χ4n) is 2.84. The molecule has 1 fully saturated rings. The molecule has 0 radical (unpaired) electrons. The summed E-state index contributed by atoms with van der Waals surface area (Å²) in [6, 6.07) is 0. The van der Waals surface area contributed by atoms with Gasteiger partial charge < -0.3 is 20.3 Å². The van der Waals surface area contributed by atoms with Gasteiger partial charge in [-0.15, -0.1) is 0 Å². The molecule has 2 amide bonds. The molecule has 2 aromatic rings. The number of fused-ring (bicyclic) bond motifs is 1. The Balaban J connectivity index is 2.03. The number of imidazole rings is 1. The number of aliphatic hydroxyl groups excluding tert-OH is 2. The molecule has 0 saturated carbocycles. The molecule has 1 unspecified atom stereocenters. The maximum absolute atomic E-state index is 12.2. The minimum absolute atomic E-state index is 0.0225. The van der Waals surface area contributed by atoms with Crippen molar-refractivity contribution < 1.29 is 24.5 Å². The van der Waals surface area contributed by atoms with Gasteiger partial charge in [-0.2, -0.15) is 9.97 Å². The Morgan fingerprint density at radius 1 is 1.21 bits per heavy atom. The van der Waals surface area contributed by atoms with E-state index in [1.807, 2.05) is 0 Å². The number of nitrogens with one attached hydrogen (secondary N) is 2. The van der Waals surface area contributed by atoms with Gasteiger partial charge >= 0.3 is 0 Å². The Morgan fingerprint density at radius 2 is 1.86 bits per heavy atom. The maximum Gasteiger partial charge on any atom is 0.233 e. The second-order valence-electron chi connectivity index (χ2n) is 7.62. The van der Waals surface area contributed by atoms with Crippen LogP contribution in [-0.2, 0) is 14.3 Å². The Hall–Kier alpha value is -2.63. The zero-order valence-corrected chi connectivity index (χ0v) is 16.8. The van der Waals surface area contributed by atoms with Crippen molar-refractivity contribution in [2.75, 3.05) is 17.2 Å². The molecule has 0 aliphatic carbocycles. The topological polar surface area (TPSA) is 151 Å². The number of ether oxygens (including phenoxy) is 1. The van der Waals surface area contributed by atoms with Gasteiger partial charge in [0.15, 0.2) is 17.0 Å². The number of anilines is 2. The molecule has 3 rings (SSSR count). The summed E-state index contributed by atoms with van der Waals surface area (Å²) in [6.45, 7) is 6.66. The SMILES string of the molecule is CC(C)C(=O)Nc1nc(NC(=O)C(C)C)c2ncn([C@H]3CC(O)[C@@H](CO)O3)c2n1. The van der Waals surface area contributed by atoms with Crippen LogP contribution in [0.25, 0.3) is 11.2 Å². The lowest BCUT2D eigenvalue weighted by molar-refractivity contribution is -0.119.